The fourth-order valence-electron chi connectivity index (χ4n) is 2.98. The summed E-state index contributed by atoms with van der Waals surface area (Å²) in [6.07, 6.45) is 7.21. The van der Waals surface area contributed by atoms with Gasteiger partial charge in [0.05, 0.1) is 6.61 Å². The standard InChI is InChI=1S/C21H20N2O/c1-2-7-21-18(6-1)12-16-23(21)15-5-17-24-20-10-8-19(9-11-20)22-13-3-4-14-22/h1-4,6-14,16H,5,15,17H2. The first kappa shape index (κ1) is 14.6. The molecule has 2 aromatic carbocycles. The summed E-state index contributed by atoms with van der Waals surface area (Å²) in [5, 5.41) is 1.29. The van der Waals surface area contributed by atoms with Crippen molar-refractivity contribution >= 4 is 10.9 Å². The maximum atomic E-state index is 5.87. The van der Waals surface area contributed by atoms with Crippen molar-refractivity contribution in [3.63, 3.8) is 0 Å². The molecule has 0 N–H and O–H groups in total. The summed E-state index contributed by atoms with van der Waals surface area (Å²) in [7, 11) is 0. The molecule has 0 spiro atoms. The van der Waals surface area contributed by atoms with Crippen LogP contribution in [0.1, 0.15) is 6.42 Å². The Labute approximate surface area is 141 Å². The first-order valence-corrected chi connectivity index (χ1v) is 8.30. The molecule has 0 saturated carbocycles. The van der Waals surface area contributed by atoms with Gasteiger partial charge in [0.25, 0.3) is 0 Å². The highest BCUT2D eigenvalue weighted by Gasteiger charge is 2.00. The summed E-state index contributed by atoms with van der Waals surface area (Å²) in [5.74, 6) is 0.920. The van der Waals surface area contributed by atoms with Crippen LogP contribution in [0.25, 0.3) is 16.6 Å². The van der Waals surface area contributed by atoms with Crippen LogP contribution in [0.5, 0.6) is 5.75 Å². The average molecular weight is 316 g/mol. The van der Waals surface area contributed by atoms with Gasteiger partial charge in [0.15, 0.2) is 0 Å². The van der Waals surface area contributed by atoms with E-state index in [2.05, 4.69) is 57.8 Å². The van der Waals surface area contributed by atoms with Crippen LogP contribution >= 0.6 is 0 Å². The monoisotopic (exact) mass is 316 g/mol. The van der Waals surface area contributed by atoms with Crippen LogP contribution in [-0.4, -0.2) is 15.7 Å². The van der Waals surface area contributed by atoms with Gasteiger partial charge in [0, 0.05) is 36.3 Å². The lowest BCUT2D eigenvalue weighted by Gasteiger charge is -2.09. The van der Waals surface area contributed by atoms with Crippen molar-refractivity contribution in [3.8, 4) is 11.4 Å². The van der Waals surface area contributed by atoms with Gasteiger partial charge in [0.1, 0.15) is 5.75 Å². The van der Waals surface area contributed by atoms with Gasteiger partial charge in [-0.1, -0.05) is 18.2 Å². The van der Waals surface area contributed by atoms with E-state index in [1.54, 1.807) is 0 Å². The molecule has 4 rings (SSSR count). The molecule has 0 saturated heterocycles. The smallest absolute Gasteiger partial charge is 0.119 e. The van der Waals surface area contributed by atoms with Crippen molar-refractivity contribution in [1.29, 1.82) is 0 Å². The largest absolute Gasteiger partial charge is 0.494 e. The van der Waals surface area contributed by atoms with Crippen molar-refractivity contribution in [2.45, 2.75) is 13.0 Å². The fraction of sp³-hybridized carbons (Fsp3) is 0.143. The summed E-state index contributed by atoms with van der Waals surface area (Å²) < 4.78 is 10.2. The molecule has 0 bridgehead atoms. The fourth-order valence-corrected chi connectivity index (χ4v) is 2.98. The molecule has 2 aromatic heterocycles. The van der Waals surface area contributed by atoms with Crippen molar-refractivity contribution in [2.24, 2.45) is 0 Å². The van der Waals surface area contributed by atoms with E-state index in [0.29, 0.717) is 0 Å². The molecule has 24 heavy (non-hydrogen) atoms. The molecule has 0 unspecified atom stereocenters. The third kappa shape index (κ3) is 3.06. The van der Waals surface area contributed by atoms with Crippen molar-refractivity contribution in [2.75, 3.05) is 6.61 Å². The van der Waals surface area contributed by atoms with Crippen molar-refractivity contribution < 1.29 is 4.74 Å². The molecule has 0 atom stereocenters. The zero-order valence-electron chi connectivity index (χ0n) is 13.5. The van der Waals surface area contributed by atoms with E-state index in [1.807, 2.05) is 36.7 Å². The molecule has 3 nitrogen and oxygen atoms in total. The quantitative estimate of drug-likeness (QED) is 0.463. The van der Waals surface area contributed by atoms with Crippen LogP contribution in [0.2, 0.25) is 0 Å². The lowest BCUT2D eigenvalue weighted by Crippen LogP contribution is -2.03. The van der Waals surface area contributed by atoms with Gasteiger partial charge < -0.3 is 13.9 Å². The summed E-state index contributed by atoms with van der Waals surface area (Å²) in [6.45, 7) is 1.68. The van der Waals surface area contributed by atoms with Gasteiger partial charge in [-0.25, -0.2) is 0 Å². The Bertz CT molecular complexity index is 905. The number of hydrogen-bond acceptors (Lipinski definition) is 1. The normalized spacial score (nSPS) is 11.0. The second kappa shape index (κ2) is 6.67. The lowest BCUT2D eigenvalue weighted by molar-refractivity contribution is 0.302. The number of aryl methyl sites for hydroxylation is 1. The Kier molecular flexibility index (Phi) is 4.07. The minimum atomic E-state index is 0.718. The molecular weight excluding hydrogens is 296 g/mol. The van der Waals surface area contributed by atoms with E-state index >= 15 is 0 Å². The third-order valence-corrected chi connectivity index (χ3v) is 4.23. The summed E-state index contributed by atoms with van der Waals surface area (Å²) in [5.41, 5.74) is 2.43. The van der Waals surface area contributed by atoms with E-state index in [4.69, 9.17) is 4.74 Å². The Morgan fingerprint density at radius 2 is 1.54 bits per heavy atom. The van der Waals surface area contributed by atoms with Gasteiger partial charge in [-0.3, -0.25) is 0 Å². The number of aromatic nitrogens is 2. The average Bonchev–Trinajstić information content (AvgIpc) is 3.30. The van der Waals surface area contributed by atoms with E-state index in [9.17, 15) is 0 Å². The molecule has 2 heterocycles. The van der Waals surface area contributed by atoms with Crippen LogP contribution in [0.4, 0.5) is 0 Å². The van der Waals surface area contributed by atoms with Crippen molar-refractivity contribution in [3.05, 3.63) is 85.3 Å². The number of ether oxygens (including phenoxy) is 1. The Hall–Kier alpha value is -2.94. The Morgan fingerprint density at radius 3 is 2.38 bits per heavy atom. The molecule has 4 aromatic rings. The van der Waals surface area contributed by atoms with Gasteiger partial charge in [-0.15, -0.1) is 0 Å². The maximum absolute atomic E-state index is 5.87. The molecule has 0 aliphatic rings. The van der Waals surface area contributed by atoms with Gasteiger partial charge in [0.2, 0.25) is 0 Å². The van der Waals surface area contributed by atoms with E-state index in [1.165, 1.54) is 10.9 Å². The molecule has 120 valence electrons. The minimum absolute atomic E-state index is 0.718. The van der Waals surface area contributed by atoms with Crippen molar-refractivity contribution in [1.82, 2.24) is 9.13 Å². The number of fused-ring (bicyclic) bond motifs is 1. The zero-order valence-corrected chi connectivity index (χ0v) is 13.5. The molecule has 0 aliphatic heterocycles. The van der Waals surface area contributed by atoms with Crippen LogP contribution in [0, 0.1) is 0 Å². The summed E-state index contributed by atoms with van der Waals surface area (Å²) >= 11 is 0. The molecule has 0 aliphatic carbocycles. The van der Waals surface area contributed by atoms with Crippen LogP contribution < -0.4 is 4.74 Å². The van der Waals surface area contributed by atoms with Gasteiger partial charge in [-0.05, 0) is 60.3 Å². The van der Waals surface area contributed by atoms with Crippen LogP contribution in [-0.2, 0) is 6.54 Å². The predicted octanol–water partition coefficient (Wildman–Crippen LogP) is 4.90. The second-order valence-corrected chi connectivity index (χ2v) is 5.85. The number of para-hydroxylation sites is 1. The van der Waals surface area contributed by atoms with Gasteiger partial charge >= 0.3 is 0 Å². The molecular formula is C21H20N2O. The van der Waals surface area contributed by atoms with Crippen LogP contribution in [0.3, 0.4) is 0 Å². The van der Waals surface area contributed by atoms with Crippen LogP contribution in [0.15, 0.2) is 85.3 Å². The first-order valence-electron chi connectivity index (χ1n) is 8.30. The summed E-state index contributed by atoms with van der Waals surface area (Å²) in [6, 6.07) is 22.9. The Morgan fingerprint density at radius 1 is 0.750 bits per heavy atom. The van der Waals surface area contributed by atoms with E-state index in [0.717, 1.165) is 31.0 Å². The minimum Gasteiger partial charge on any atom is -0.494 e. The SMILES string of the molecule is c1ccc2c(c1)ccn2CCCOc1ccc(-n2cccc2)cc1. The highest BCUT2D eigenvalue weighted by Crippen LogP contribution is 2.17. The van der Waals surface area contributed by atoms with E-state index < -0.39 is 0 Å². The third-order valence-electron chi connectivity index (χ3n) is 4.23. The number of rotatable bonds is 6. The highest BCUT2D eigenvalue weighted by molar-refractivity contribution is 5.79. The number of hydrogen-bond donors (Lipinski definition) is 0. The molecule has 0 amide bonds. The zero-order chi connectivity index (χ0) is 16.2. The van der Waals surface area contributed by atoms with E-state index in [-0.39, 0.29) is 0 Å². The molecule has 0 radical (unpaired) electrons. The molecule has 3 heteroatoms. The highest BCUT2D eigenvalue weighted by atomic mass is 16.5. The summed E-state index contributed by atoms with van der Waals surface area (Å²) in [4.78, 5) is 0. The van der Waals surface area contributed by atoms with Gasteiger partial charge in [-0.2, -0.15) is 0 Å². The topological polar surface area (TPSA) is 19.1 Å². The number of benzene rings is 2. The number of nitrogens with zero attached hydrogens (tertiary/aromatic N) is 2. The first-order chi connectivity index (χ1) is 11.9. The maximum Gasteiger partial charge on any atom is 0.119 e. The predicted molar refractivity (Wildman–Crippen MR) is 97.8 cm³/mol. The Balaban J connectivity index is 1.31. The molecule has 0 fully saturated rings. The second-order valence-electron chi connectivity index (χ2n) is 5.85. The lowest BCUT2D eigenvalue weighted by atomic mass is 10.2.